The van der Waals surface area contributed by atoms with Crippen LogP contribution in [0.4, 0.5) is 5.82 Å². The number of aromatic nitrogens is 1. The third kappa shape index (κ3) is 3.56. The molecule has 0 amide bonds. The summed E-state index contributed by atoms with van der Waals surface area (Å²) in [7, 11) is -2.13. The number of ether oxygens (including phenoxy) is 1. The molecule has 6 nitrogen and oxygen atoms in total. The van der Waals surface area contributed by atoms with Crippen LogP contribution >= 0.6 is 11.6 Å². The van der Waals surface area contributed by atoms with Gasteiger partial charge in [0.05, 0.1) is 11.6 Å². The Hall–Kier alpha value is -0.890. The second-order valence-electron chi connectivity index (χ2n) is 4.05. The lowest BCUT2D eigenvalue weighted by molar-refractivity contribution is 0.142. The Morgan fingerprint density at radius 2 is 2.21 bits per heavy atom. The van der Waals surface area contributed by atoms with Crippen LogP contribution in [0.5, 0.6) is 0 Å². The zero-order valence-corrected chi connectivity index (χ0v) is 12.7. The molecule has 0 aliphatic carbocycles. The monoisotopic (exact) mass is 307 g/mol. The molecule has 0 bridgehead atoms. The molecule has 0 saturated heterocycles. The normalized spacial score (nSPS) is 13.7. The van der Waals surface area contributed by atoms with Crippen molar-refractivity contribution in [3.8, 4) is 0 Å². The first-order chi connectivity index (χ1) is 8.84. The Morgan fingerprint density at radius 3 is 2.68 bits per heavy atom. The predicted octanol–water partition coefficient (Wildman–Crippen LogP) is 1.36. The van der Waals surface area contributed by atoms with E-state index in [1.807, 2.05) is 0 Å². The van der Waals surface area contributed by atoms with Gasteiger partial charge in [-0.2, -0.15) is 4.31 Å². The maximum Gasteiger partial charge on any atom is 0.244 e. The lowest BCUT2D eigenvalue weighted by Gasteiger charge is -2.26. The molecule has 2 N–H and O–H groups in total. The van der Waals surface area contributed by atoms with E-state index in [-0.39, 0.29) is 21.8 Å². The van der Waals surface area contributed by atoms with Gasteiger partial charge in [0, 0.05) is 25.9 Å². The van der Waals surface area contributed by atoms with E-state index in [0.717, 1.165) is 0 Å². The third-order valence-electron chi connectivity index (χ3n) is 2.66. The van der Waals surface area contributed by atoms with E-state index in [1.54, 1.807) is 13.8 Å². The molecular weight excluding hydrogens is 290 g/mol. The predicted molar refractivity (Wildman–Crippen MR) is 74.6 cm³/mol. The number of sulfonamides is 1. The second kappa shape index (κ2) is 6.51. The number of nitrogens with two attached hydrogens (primary N) is 1. The van der Waals surface area contributed by atoms with Crippen molar-refractivity contribution < 1.29 is 13.2 Å². The highest BCUT2D eigenvalue weighted by Crippen LogP contribution is 2.23. The number of rotatable bonds is 6. The molecule has 1 unspecified atom stereocenters. The molecular formula is C11H18ClN3O3S. The van der Waals surface area contributed by atoms with Crippen molar-refractivity contribution in [1.82, 2.24) is 9.29 Å². The summed E-state index contributed by atoms with van der Waals surface area (Å²) < 4.78 is 31.3. The molecule has 1 aromatic heterocycles. The Balaban J connectivity index is 3.16. The van der Waals surface area contributed by atoms with Crippen molar-refractivity contribution in [3.05, 3.63) is 17.3 Å². The minimum Gasteiger partial charge on any atom is -0.383 e. The Labute approximate surface area is 118 Å². The van der Waals surface area contributed by atoms with Crippen LogP contribution in [0.2, 0.25) is 5.02 Å². The fraction of sp³-hybridized carbons (Fsp3) is 0.545. The minimum atomic E-state index is -3.66. The van der Waals surface area contributed by atoms with Crippen LogP contribution in [0.15, 0.2) is 17.2 Å². The zero-order chi connectivity index (χ0) is 14.6. The van der Waals surface area contributed by atoms with Crippen LogP contribution in [0, 0.1) is 0 Å². The summed E-state index contributed by atoms with van der Waals surface area (Å²) in [5, 5.41) is 0.122. The number of nitrogen functional groups attached to an aromatic ring is 1. The lowest BCUT2D eigenvalue weighted by Crippen LogP contribution is -2.40. The maximum absolute atomic E-state index is 12.5. The highest BCUT2D eigenvalue weighted by molar-refractivity contribution is 7.89. The van der Waals surface area contributed by atoms with Crippen LogP contribution in [0.3, 0.4) is 0 Å². The van der Waals surface area contributed by atoms with Gasteiger partial charge in [-0.05, 0) is 13.0 Å². The summed E-state index contributed by atoms with van der Waals surface area (Å²) in [5.41, 5.74) is 5.48. The number of halogens is 1. The quantitative estimate of drug-likeness (QED) is 0.857. The smallest absolute Gasteiger partial charge is 0.244 e. The van der Waals surface area contributed by atoms with Gasteiger partial charge >= 0.3 is 0 Å². The molecule has 0 radical (unpaired) electrons. The Kier molecular flexibility index (Phi) is 5.54. The molecule has 0 saturated carbocycles. The summed E-state index contributed by atoms with van der Waals surface area (Å²) in [6.45, 7) is 4.17. The van der Waals surface area contributed by atoms with Gasteiger partial charge in [-0.25, -0.2) is 13.4 Å². The van der Waals surface area contributed by atoms with Crippen LogP contribution in [-0.2, 0) is 14.8 Å². The van der Waals surface area contributed by atoms with Crippen molar-refractivity contribution in [1.29, 1.82) is 0 Å². The lowest BCUT2D eigenvalue weighted by atomic mass is 10.4. The van der Waals surface area contributed by atoms with Crippen LogP contribution < -0.4 is 5.73 Å². The van der Waals surface area contributed by atoms with Gasteiger partial charge in [0.1, 0.15) is 10.7 Å². The van der Waals surface area contributed by atoms with Gasteiger partial charge in [-0.3, -0.25) is 0 Å². The summed E-state index contributed by atoms with van der Waals surface area (Å²) >= 11 is 5.81. The molecule has 0 aliphatic rings. The number of pyridine rings is 1. The third-order valence-corrected chi connectivity index (χ3v) is 5.02. The minimum absolute atomic E-state index is 0.0245. The zero-order valence-electron chi connectivity index (χ0n) is 11.1. The average molecular weight is 308 g/mol. The fourth-order valence-corrected chi connectivity index (χ4v) is 3.58. The molecule has 0 spiro atoms. The van der Waals surface area contributed by atoms with E-state index >= 15 is 0 Å². The van der Waals surface area contributed by atoms with Gasteiger partial charge in [0.2, 0.25) is 10.0 Å². The molecule has 1 aromatic rings. The van der Waals surface area contributed by atoms with E-state index in [9.17, 15) is 8.42 Å². The first-order valence-electron chi connectivity index (χ1n) is 5.76. The summed E-state index contributed by atoms with van der Waals surface area (Å²) in [6.07, 6.45) is 1.21. The van der Waals surface area contributed by atoms with Crippen LogP contribution in [-0.4, -0.2) is 44.0 Å². The summed E-state index contributed by atoms with van der Waals surface area (Å²) in [5.74, 6) is 0.105. The highest BCUT2D eigenvalue weighted by Gasteiger charge is 2.28. The number of likely N-dealkylation sites (N-methyl/N-ethyl adjacent to an activating group) is 1. The van der Waals surface area contributed by atoms with E-state index in [2.05, 4.69) is 4.98 Å². The van der Waals surface area contributed by atoms with E-state index < -0.39 is 10.0 Å². The van der Waals surface area contributed by atoms with Crippen molar-refractivity contribution in [2.75, 3.05) is 26.0 Å². The molecule has 8 heteroatoms. The first kappa shape index (κ1) is 16.2. The number of hydrogen-bond acceptors (Lipinski definition) is 5. The van der Waals surface area contributed by atoms with Crippen molar-refractivity contribution in [3.63, 3.8) is 0 Å². The molecule has 0 aromatic carbocycles. The van der Waals surface area contributed by atoms with Crippen molar-refractivity contribution in [2.24, 2.45) is 0 Å². The van der Waals surface area contributed by atoms with Gasteiger partial charge in [-0.1, -0.05) is 18.5 Å². The van der Waals surface area contributed by atoms with Gasteiger partial charge in [-0.15, -0.1) is 0 Å². The standard InChI is InChI=1S/C11H18ClN3O3S/c1-4-15(8(2)7-18-3)19(16,17)9-5-10(12)11(13)14-6-9/h5-6,8H,4,7H2,1-3H3,(H2,13,14). The summed E-state index contributed by atoms with van der Waals surface area (Å²) in [6, 6.07) is 1.03. The first-order valence-corrected chi connectivity index (χ1v) is 7.58. The number of hydrogen-bond donors (Lipinski definition) is 1. The van der Waals surface area contributed by atoms with Crippen molar-refractivity contribution >= 4 is 27.4 Å². The topological polar surface area (TPSA) is 85.5 Å². The molecule has 108 valence electrons. The fourth-order valence-electron chi connectivity index (χ4n) is 1.75. The largest absolute Gasteiger partial charge is 0.383 e. The van der Waals surface area contributed by atoms with Gasteiger partial charge in [0.25, 0.3) is 0 Å². The van der Waals surface area contributed by atoms with Gasteiger partial charge < -0.3 is 10.5 Å². The number of nitrogens with zero attached hydrogens (tertiary/aromatic N) is 2. The Bertz CT molecular complexity index is 536. The molecule has 19 heavy (non-hydrogen) atoms. The van der Waals surface area contributed by atoms with Crippen LogP contribution in [0.25, 0.3) is 0 Å². The van der Waals surface area contributed by atoms with Crippen LogP contribution in [0.1, 0.15) is 13.8 Å². The molecule has 1 heterocycles. The molecule has 0 fully saturated rings. The SMILES string of the molecule is CCN(C(C)COC)S(=O)(=O)c1cnc(N)c(Cl)c1. The molecule has 0 aliphatic heterocycles. The van der Waals surface area contributed by atoms with E-state index in [1.165, 1.54) is 23.7 Å². The number of anilines is 1. The second-order valence-corrected chi connectivity index (χ2v) is 6.35. The molecule has 1 rings (SSSR count). The van der Waals surface area contributed by atoms with E-state index in [4.69, 9.17) is 22.1 Å². The number of methoxy groups -OCH3 is 1. The summed E-state index contributed by atoms with van der Waals surface area (Å²) in [4.78, 5) is 3.80. The van der Waals surface area contributed by atoms with Gasteiger partial charge in [0.15, 0.2) is 0 Å². The highest BCUT2D eigenvalue weighted by atomic mass is 35.5. The van der Waals surface area contributed by atoms with Crippen molar-refractivity contribution in [2.45, 2.75) is 24.8 Å². The molecule has 1 atom stereocenters. The maximum atomic E-state index is 12.5. The van der Waals surface area contributed by atoms with E-state index in [0.29, 0.717) is 13.2 Å². The average Bonchev–Trinajstić information content (AvgIpc) is 2.33. The Morgan fingerprint density at radius 1 is 1.58 bits per heavy atom.